The summed E-state index contributed by atoms with van der Waals surface area (Å²) in [5.41, 5.74) is 7.72. The highest BCUT2D eigenvalue weighted by Crippen LogP contribution is 2.25. The van der Waals surface area contributed by atoms with Gasteiger partial charge in [-0.3, -0.25) is 10.4 Å². The second-order valence-corrected chi connectivity index (χ2v) is 7.83. The van der Waals surface area contributed by atoms with Crippen molar-refractivity contribution >= 4 is 34.4 Å². The number of fused-ring (bicyclic) bond motifs is 2. The molecule has 164 valence electrons. The van der Waals surface area contributed by atoms with Gasteiger partial charge in [-0.15, -0.1) is 0 Å². The van der Waals surface area contributed by atoms with Crippen molar-refractivity contribution in [2.75, 3.05) is 36.6 Å². The Balaban J connectivity index is 1.34. The number of hydrogen-bond acceptors (Lipinski definition) is 7. The van der Waals surface area contributed by atoms with E-state index < -0.39 is 0 Å². The summed E-state index contributed by atoms with van der Waals surface area (Å²) < 4.78 is 7.42. The number of rotatable bonds is 5. The number of aromatic nitrogens is 5. The number of anilines is 2. The number of hydrogen-bond donors (Lipinski definition) is 2. The topological polar surface area (TPSA) is 95.7 Å². The molecule has 1 aliphatic heterocycles. The van der Waals surface area contributed by atoms with Gasteiger partial charge < -0.3 is 14.6 Å². The first-order valence-corrected chi connectivity index (χ1v) is 10.8. The molecule has 0 aliphatic carbocycles. The molecule has 4 aromatic heterocycles. The van der Waals surface area contributed by atoms with Gasteiger partial charge in [0.25, 0.3) is 0 Å². The van der Waals surface area contributed by atoms with Crippen LogP contribution in [-0.2, 0) is 4.74 Å². The van der Waals surface area contributed by atoms with Crippen LogP contribution in [0.15, 0.2) is 72.2 Å². The van der Waals surface area contributed by atoms with Gasteiger partial charge in [-0.2, -0.15) is 14.7 Å². The third-order valence-corrected chi connectivity index (χ3v) is 5.67. The smallest absolute Gasteiger partial charge is 0.160 e. The van der Waals surface area contributed by atoms with Crippen LogP contribution in [0.1, 0.15) is 5.56 Å². The van der Waals surface area contributed by atoms with E-state index in [-0.39, 0.29) is 0 Å². The average Bonchev–Trinajstić information content (AvgIpc) is 3.51. The van der Waals surface area contributed by atoms with Crippen molar-refractivity contribution in [1.29, 1.82) is 0 Å². The van der Waals surface area contributed by atoms with Crippen molar-refractivity contribution in [3.8, 4) is 11.3 Å². The Bertz CT molecular complexity index is 1430. The minimum Gasteiger partial charge on any atom is -0.378 e. The molecule has 0 saturated carbocycles. The Kier molecular flexibility index (Phi) is 4.93. The fraction of sp³-hybridized carbons (Fsp3) is 0.167. The lowest BCUT2D eigenvalue weighted by atomic mass is 10.2. The summed E-state index contributed by atoms with van der Waals surface area (Å²) in [4.78, 5) is 14.4. The van der Waals surface area contributed by atoms with Crippen LogP contribution in [0, 0.1) is 0 Å². The van der Waals surface area contributed by atoms with Gasteiger partial charge in [0.15, 0.2) is 11.5 Å². The van der Waals surface area contributed by atoms with E-state index in [1.165, 1.54) is 0 Å². The molecule has 9 nitrogen and oxygen atoms in total. The largest absolute Gasteiger partial charge is 0.378 e. The monoisotopic (exact) mass is 438 g/mol. The highest BCUT2D eigenvalue weighted by Gasteiger charge is 2.18. The van der Waals surface area contributed by atoms with Gasteiger partial charge in [0.05, 0.1) is 25.1 Å². The first-order valence-electron chi connectivity index (χ1n) is 10.8. The number of ether oxygens (including phenoxy) is 1. The molecule has 9 heteroatoms. The van der Waals surface area contributed by atoms with Crippen molar-refractivity contribution in [3.05, 3.63) is 72.7 Å². The standard InChI is InChI=1S/C24H22N8O/c1-2-19(16-25-6-1)21-13-23-28-22(14-24(32(23)30-21)31-8-10-33-11-9-31)29-27-15-17-3-4-20-18(12-17)5-7-26-20/h1-7,12-16,26H,8-11H2,(H,28,29)/b27-15+. The highest BCUT2D eigenvalue weighted by molar-refractivity contribution is 5.89. The first kappa shape index (κ1) is 19.4. The summed E-state index contributed by atoms with van der Waals surface area (Å²) in [6.07, 6.45) is 7.29. The molecule has 0 radical (unpaired) electrons. The third kappa shape index (κ3) is 3.90. The second kappa shape index (κ2) is 8.36. The molecule has 0 atom stereocenters. The zero-order valence-electron chi connectivity index (χ0n) is 17.8. The molecular formula is C24H22N8O. The van der Waals surface area contributed by atoms with Crippen molar-refractivity contribution in [3.63, 3.8) is 0 Å². The Morgan fingerprint density at radius 2 is 2.03 bits per heavy atom. The molecule has 5 aromatic rings. The van der Waals surface area contributed by atoms with Gasteiger partial charge in [-0.05, 0) is 41.3 Å². The van der Waals surface area contributed by atoms with Gasteiger partial charge >= 0.3 is 0 Å². The van der Waals surface area contributed by atoms with Crippen LogP contribution in [0.4, 0.5) is 11.6 Å². The van der Waals surface area contributed by atoms with Gasteiger partial charge in [-0.1, -0.05) is 6.07 Å². The molecule has 2 N–H and O–H groups in total. The fourth-order valence-corrected chi connectivity index (χ4v) is 4.01. The molecule has 1 aliphatic rings. The molecule has 0 unspecified atom stereocenters. The number of aromatic amines is 1. The lowest BCUT2D eigenvalue weighted by Gasteiger charge is -2.29. The first-order chi connectivity index (χ1) is 16.3. The predicted octanol–water partition coefficient (Wildman–Crippen LogP) is 3.56. The number of morpholine rings is 1. The molecule has 5 heterocycles. The molecule has 0 spiro atoms. The van der Waals surface area contributed by atoms with Crippen LogP contribution in [0.5, 0.6) is 0 Å². The SMILES string of the molecule is C(=N\Nc1cc(N2CCOCC2)n2nc(-c3cccnc3)cc2n1)/c1ccc2[nH]ccc2c1. The molecule has 0 amide bonds. The van der Waals surface area contributed by atoms with Crippen LogP contribution in [-0.4, -0.2) is 57.1 Å². The van der Waals surface area contributed by atoms with Crippen molar-refractivity contribution in [1.82, 2.24) is 24.6 Å². The van der Waals surface area contributed by atoms with E-state index in [1.807, 2.05) is 53.2 Å². The molecular weight excluding hydrogens is 416 g/mol. The Hall–Kier alpha value is -4.24. The summed E-state index contributed by atoms with van der Waals surface area (Å²) in [6, 6.07) is 16.0. The van der Waals surface area contributed by atoms with Crippen LogP contribution in [0.25, 0.3) is 27.8 Å². The van der Waals surface area contributed by atoms with Crippen molar-refractivity contribution in [2.45, 2.75) is 0 Å². The Labute approximate surface area is 189 Å². The maximum atomic E-state index is 5.54. The Morgan fingerprint density at radius 3 is 2.91 bits per heavy atom. The molecule has 1 aromatic carbocycles. The van der Waals surface area contributed by atoms with Gasteiger partial charge in [0.2, 0.25) is 0 Å². The van der Waals surface area contributed by atoms with E-state index in [4.69, 9.17) is 14.8 Å². The molecule has 0 bridgehead atoms. The summed E-state index contributed by atoms with van der Waals surface area (Å²) in [5.74, 6) is 1.60. The van der Waals surface area contributed by atoms with Crippen LogP contribution in [0.2, 0.25) is 0 Å². The highest BCUT2D eigenvalue weighted by atomic mass is 16.5. The van der Waals surface area contributed by atoms with E-state index in [0.29, 0.717) is 19.0 Å². The number of nitrogens with one attached hydrogen (secondary N) is 2. The average molecular weight is 438 g/mol. The summed E-state index contributed by atoms with van der Waals surface area (Å²) in [7, 11) is 0. The number of pyridine rings is 1. The minimum absolute atomic E-state index is 0.653. The number of nitrogens with zero attached hydrogens (tertiary/aromatic N) is 6. The maximum Gasteiger partial charge on any atom is 0.160 e. The van der Waals surface area contributed by atoms with E-state index >= 15 is 0 Å². The van der Waals surface area contributed by atoms with Crippen molar-refractivity contribution in [2.24, 2.45) is 5.10 Å². The normalized spacial score (nSPS) is 14.5. The fourth-order valence-electron chi connectivity index (χ4n) is 4.01. The van der Waals surface area contributed by atoms with Gasteiger partial charge in [-0.25, -0.2) is 4.98 Å². The van der Waals surface area contributed by atoms with E-state index in [0.717, 1.165) is 52.3 Å². The Morgan fingerprint density at radius 1 is 1.09 bits per heavy atom. The van der Waals surface area contributed by atoms with E-state index in [9.17, 15) is 0 Å². The van der Waals surface area contributed by atoms with Crippen molar-refractivity contribution < 1.29 is 4.74 Å². The summed E-state index contributed by atoms with van der Waals surface area (Å²) >= 11 is 0. The van der Waals surface area contributed by atoms with Crippen LogP contribution in [0.3, 0.4) is 0 Å². The van der Waals surface area contributed by atoms with Crippen LogP contribution >= 0.6 is 0 Å². The zero-order chi connectivity index (χ0) is 22.0. The predicted molar refractivity (Wildman–Crippen MR) is 129 cm³/mol. The lowest BCUT2D eigenvalue weighted by molar-refractivity contribution is 0.122. The maximum absolute atomic E-state index is 5.54. The van der Waals surface area contributed by atoms with E-state index in [1.54, 1.807) is 18.6 Å². The van der Waals surface area contributed by atoms with Gasteiger partial charge in [0.1, 0.15) is 5.82 Å². The summed E-state index contributed by atoms with van der Waals surface area (Å²) in [6.45, 7) is 2.95. The number of benzene rings is 1. The van der Waals surface area contributed by atoms with Gasteiger partial charge in [0, 0.05) is 54.9 Å². The number of H-pyrrole nitrogens is 1. The molecule has 1 saturated heterocycles. The second-order valence-electron chi connectivity index (χ2n) is 7.83. The summed E-state index contributed by atoms with van der Waals surface area (Å²) in [5, 5.41) is 10.4. The molecule has 33 heavy (non-hydrogen) atoms. The lowest BCUT2D eigenvalue weighted by Crippen LogP contribution is -2.37. The molecule has 6 rings (SSSR count). The van der Waals surface area contributed by atoms with Crippen LogP contribution < -0.4 is 10.3 Å². The minimum atomic E-state index is 0.653. The third-order valence-electron chi connectivity index (χ3n) is 5.67. The van der Waals surface area contributed by atoms with E-state index in [2.05, 4.69) is 31.5 Å². The molecule has 1 fully saturated rings. The number of hydrazone groups is 1. The quantitative estimate of drug-likeness (QED) is 0.322. The zero-order valence-corrected chi connectivity index (χ0v) is 17.8.